The van der Waals surface area contributed by atoms with Crippen LogP contribution in [-0.4, -0.2) is 64.5 Å². The summed E-state index contributed by atoms with van der Waals surface area (Å²) in [5.41, 5.74) is 7.58. The van der Waals surface area contributed by atoms with Crippen molar-refractivity contribution < 1.29 is 23.9 Å². The lowest BCUT2D eigenvalue weighted by atomic mass is 9.73. The molecule has 1 spiro atoms. The maximum absolute atomic E-state index is 13.5. The molecule has 2 amide bonds. The van der Waals surface area contributed by atoms with Crippen molar-refractivity contribution in [3.05, 3.63) is 27.2 Å². The molecule has 1 aromatic rings. The first kappa shape index (κ1) is 26.9. The van der Waals surface area contributed by atoms with Crippen LogP contribution in [0.4, 0.5) is 0 Å². The van der Waals surface area contributed by atoms with E-state index < -0.39 is 23.5 Å². The largest absolute Gasteiger partial charge is 0.492 e. The molecule has 3 heterocycles. The molecule has 9 heteroatoms. The molecule has 1 saturated heterocycles. The summed E-state index contributed by atoms with van der Waals surface area (Å²) < 4.78 is 12.4. The summed E-state index contributed by atoms with van der Waals surface area (Å²) in [6.45, 7) is 14.9. The van der Waals surface area contributed by atoms with Gasteiger partial charge in [-0.2, -0.15) is 0 Å². The van der Waals surface area contributed by atoms with Crippen LogP contribution in [-0.2, 0) is 26.3 Å². The van der Waals surface area contributed by atoms with Gasteiger partial charge in [0.1, 0.15) is 17.4 Å². The fraction of sp³-hybridized carbons (Fsp3) is 0.667. The summed E-state index contributed by atoms with van der Waals surface area (Å²) in [4.78, 5) is 42.1. The summed E-state index contributed by atoms with van der Waals surface area (Å²) >= 11 is 3.64. The minimum atomic E-state index is -0.912. The highest BCUT2D eigenvalue weighted by Crippen LogP contribution is 2.51. The topological polar surface area (TPSA) is 102 Å². The van der Waals surface area contributed by atoms with E-state index >= 15 is 0 Å². The molecular formula is C27H38BrN3O5. The fourth-order valence-electron chi connectivity index (χ4n) is 5.67. The smallest absolute Gasteiger partial charge is 0.306 e. The fourth-order valence-corrected chi connectivity index (χ4v) is 6.31. The molecule has 1 atom stereocenters. The number of likely N-dealkylation sites (tertiary alicyclic amines) is 1. The second-order valence-electron chi connectivity index (χ2n) is 12.3. The number of nitrogens with zero attached hydrogens (tertiary/aromatic N) is 2. The molecule has 0 unspecified atom stereocenters. The van der Waals surface area contributed by atoms with Crippen LogP contribution in [0.2, 0.25) is 0 Å². The number of primary amides is 1. The zero-order valence-corrected chi connectivity index (χ0v) is 23.8. The third-order valence-corrected chi connectivity index (χ3v) is 8.24. The van der Waals surface area contributed by atoms with Gasteiger partial charge in [0.2, 0.25) is 5.91 Å². The Bertz CT molecular complexity index is 1080. The Balaban J connectivity index is 1.57. The Morgan fingerprint density at radius 3 is 2.39 bits per heavy atom. The summed E-state index contributed by atoms with van der Waals surface area (Å²) in [5.74, 6) is -0.574. The van der Waals surface area contributed by atoms with Crippen LogP contribution in [0.5, 0.6) is 5.75 Å². The van der Waals surface area contributed by atoms with Gasteiger partial charge in [-0.25, -0.2) is 0 Å². The number of esters is 1. The molecule has 2 N–H and O–H groups in total. The van der Waals surface area contributed by atoms with Gasteiger partial charge in [0.25, 0.3) is 5.91 Å². The number of carbonyl (C=O) groups is 3. The van der Waals surface area contributed by atoms with E-state index in [2.05, 4.69) is 41.6 Å². The zero-order chi connectivity index (χ0) is 26.6. The molecule has 0 saturated carbocycles. The summed E-state index contributed by atoms with van der Waals surface area (Å²) in [7, 11) is 0. The van der Waals surface area contributed by atoms with Crippen LogP contribution in [0.15, 0.2) is 10.5 Å². The van der Waals surface area contributed by atoms with E-state index in [1.807, 2.05) is 6.07 Å². The predicted octanol–water partition coefficient (Wildman–Crippen LogP) is 3.91. The van der Waals surface area contributed by atoms with Crippen molar-refractivity contribution in [2.24, 2.45) is 5.73 Å². The highest BCUT2D eigenvalue weighted by Gasteiger charge is 2.48. The van der Waals surface area contributed by atoms with Crippen molar-refractivity contribution in [2.45, 2.75) is 96.4 Å². The maximum atomic E-state index is 13.5. The van der Waals surface area contributed by atoms with Gasteiger partial charge in [0.05, 0.1) is 18.7 Å². The Morgan fingerprint density at radius 2 is 1.83 bits per heavy atom. The van der Waals surface area contributed by atoms with Crippen LogP contribution in [0.25, 0.3) is 0 Å². The van der Waals surface area contributed by atoms with E-state index in [9.17, 15) is 14.4 Å². The number of halogens is 1. The molecule has 0 radical (unpaired) electrons. The number of nitrogens with two attached hydrogens (primary N) is 1. The number of amides is 2. The summed E-state index contributed by atoms with van der Waals surface area (Å²) in [5, 5.41) is 0. The number of benzene rings is 1. The van der Waals surface area contributed by atoms with Crippen LogP contribution < -0.4 is 10.5 Å². The van der Waals surface area contributed by atoms with Crippen molar-refractivity contribution in [3.8, 4) is 5.75 Å². The second-order valence-corrected chi connectivity index (χ2v) is 13.1. The van der Waals surface area contributed by atoms with E-state index in [-0.39, 0.29) is 36.2 Å². The van der Waals surface area contributed by atoms with Crippen LogP contribution in [0.1, 0.15) is 88.7 Å². The third kappa shape index (κ3) is 5.01. The average molecular weight is 565 g/mol. The number of hydrogen-bond acceptors (Lipinski definition) is 6. The zero-order valence-electron chi connectivity index (χ0n) is 22.2. The number of ether oxygens (including phenoxy) is 2. The van der Waals surface area contributed by atoms with Gasteiger partial charge >= 0.3 is 5.97 Å². The minimum Gasteiger partial charge on any atom is -0.492 e. The monoisotopic (exact) mass is 563 g/mol. The van der Waals surface area contributed by atoms with Gasteiger partial charge in [-0.05, 0) is 95.9 Å². The quantitative estimate of drug-likeness (QED) is 0.545. The third-order valence-electron chi connectivity index (χ3n) is 7.61. The van der Waals surface area contributed by atoms with Gasteiger partial charge in [-0.1, -0.05) is 0 Å². The van der Waals surface area contributed by atoms with Crippen molar-refractivity contribution in [3.63, 3.8) is 0 Å². The normalized spacial score (nSPS) is 20.2. The molecule has 0 aromatic heterocycles. The standard InChI is InChI=1S/C27H38BrN3O5/c1-25(2,3)30-11-9-27(10-12-30)15-35-22-16-14-31(24(34)21(16)18(28)13-17(22)27)19(23(29)33)7-8-20(32)36-26(4,5)6/h13,19H,7-12,14-15H2,1-6H3,(H2,29,33)/t19-/m0/s1. The van der Waals surface area contributed by atoms with Gasteiger partial charge in [0, 0.05) is 33.0 Å². The summed E-state index contributed by atoms with van der Waals surface area (Å²) in [6.07, 6.45) is 2.07. The lowest BCUT2D eigenvalue weighted by molar-refractivity contribution is -0.155. The Morgan fingerprint density at radius 1 is 1.19 bits per heavy atom. The van der Waals surface area contributed by atoms with E-state index in [0.29, 0.717) is 16.6 Å². The highest BCUT2D eigenvalue weighted by molar-refractivity contribution is 9.10. The second kappa shape index (κ2) is 9.31. The first-order valence-corrected chi connectivity index (χ1v) is 13.5. The molecule has 198 valence electrons. The molecule has 3 aliphatic heterocycles. The number of hydrogen-bond donors (Lipinski definition) is 1. The number of piperidine rings is 1. The van der Waals surface area contributed by atoms with Crippen molar-refractivity contribution in [1.82, 2.24) is 9.80 Å². The van der Waals surface area contributed by atoms with Crippen LogP contribution >= 0.6 is 15.9 Å². The molecule has 36 heavy (non-hydrogen) atoms. The molecule has 1 fully saturated rings. The van der Waals surface area contributed by atoms with Crippen LogP contribution in [0.3, 0.4) is 0 Å². The predicted molar refractivity (Wildman–Crippen MR) is 140 cm³/mol. The lowest BCUT2D eigenvalue weighted by Crippen LogP contribution is -2.50. The van der Waals surface area contributed by atoms with Crippen molar-refractivity contribution >= 4 is 33.7 Å². The van der Waals surface area contributed by atoms with Gasteiger partial charge in [0.15, 0.2) is 0 Å². The Labute approximate surface area is 222 Å². The first-order chi connectivity index (χ1) is 16.6. The highest BCUT2D eigenvalue weighted by atomic mass is 79.9. The number of fused-ring (bicyclic) bond motifs is 4. The average Bonchev–Trinajstić information content (AvgIpc) is 3.26. The first-order valence-electron chi connectivity index (χ1n) is 12.7. The minimum absolute atomic E-state index is 0.00579. The van der Waals surface area contributed by atoms with E-state index in [0.717, 1.165) is 42.8 Å². The molecule has 0 bridgehead atoms. The van der Waals surface area contributed by atoms with Crippen molar-refractivity contribution in [1.29, 1.82) is 0 Å². The summed E-state index contributed by atoms with van der Waals surface area (Å²) in [6, 6.07) is 1.13. The molecule has 8 nitrogen and oxygen atoms in total. The number of carbonyl (C=O) groups excluding carboxylic acids is 3. The lowest BCUT2D eigenvalue weighted by Gasteiger charge is -2.44. The Hall–Kier alpha value is -2.13. The van der Waals surface area contributed by atoms with Crippen LogP contribution in [0, 0.1) is 0 Å². The molecule has 0 aliphatic carbocycles. The molecular weight excluding hydrogens is 526 g/mol. The maximum Gasteiger partial charge on any atom is 0.306 e. The Kier molecular flexibility index (Phi) is 6.96. The SMILES string of the molecule is CC(C)(C)OC(=O)CC[C@@H](C(N)=O)N1Cc2c3c(cc(Br)c2C1=O)C1(CCN(C(C)(C)C)CC1)CO3. The molecule has 4 rings (SSSR count). The van der Waals surface area contributed by atoms with Gasteiger partial charge in [-0.15, -0.1) is 0 Å². The van der Waals surface area contributed by atoms with E-state index in [1.165, 1.54) is 4.90 Å². The van der Waals surface area contributed by atoms with Gasteiger partial charge < -0.3 is 20.1 Å². The van der Waals surface area contributed by atoms with E-state index in [4.69, 9.17) is 15.2 Å². The van der Waals surface area contributed by atoms with Gasteiger partial charge in [-0.3, -0.25) is 19.3 Å². The molecule has 3 aliphatic rings. The van der Waals surface area contributed by atoms with Crippen molar-refractivity contribution in [2.75, 3.05) is 19.7 Å². The molecule has 1 aromatic carbocycles. The number of rotatable bonds is 5. The van der Waals surface area contributed by atoms with E-state index in [1.54, 1.807) is 20.8 Å².